The fraction of sp³-hybridized carbons (Fsp3) is 0.184. The lowest BCUT2D eigenvalue weighted by atomic mass is 10.1. The molecule has 0 spiro atoms. The van der Waals surface area contributed by atoms with Gasteiger partial charge in [0, 0.05) is 17.1 Å². The van der Waals surface area contributed by atoms with E-state index >= 15 is 0 Å². The van der Waals surface area contributed by atoms with Crippen molar-refractivity contribution in [2.24, 2.45) is 0 Å². The van der Waals surface area contributed by atoms with Crippen molar-refractivity contribution < 1.29 is 18.4 Å². The first kappa shape index (κ1) is 34.3. The first-order valence-corrected chi connectivity index (χ1v) is 17.7. The lowest BCUT2D eigenvalue weighted by Crippen LogP contribution is -2.56. The minimum absolute atomic E-state index is 0.0366. The molecule has 56 heavy (non-hydrogen) atoms. The average molecular weight is 753 g/mol. The summed E-state index contributed by atoms with van der Waals surface area (Å²) in [5.41, 5.74) is 20.9. The van der Waals surface area contributed by atoms with Crippen molar-refractivity contribution in [3.63, 3.8) is 0 Å². The molecule has 1 aliphatic heterocycles. The van der Waals surface area contributed by atoms with Crippen LogP contribution in [0.1, 0.15) is 37.5 Å². The standard InChI is InChI=1S/C38H36N14O4/c1-38(2,3)56-37(53)51(20-23-13-11-22(12-14-23)19-49-33-31(46-47-49)29(42-35(39)44-33)27-9-5-17-54-27)52-32-30(28-10-6-18-55-28)43-36(40)45-34(32)50(48-52)21-24-7-4-8-26-25(24)15-16-41-26/h4-18,41,48H,19-21H2,1-3H3,(H2,39,42,44)(H2,40,43,45). The van der Waals surface area contributed by atoms with Crippen LogP contribution in [0.2, 0.25) is 0 Å². The van der Waals surface area contributed by atoms with E-state index in [1.807, 2.05) is 80.5 Å². The van der Waals surface area contributed by atoms with Crippen molar-refractivity contribution in [2.75, 3.05) is 21.6 Å². The molecule has 0 unspecified atom stereocenters. The zero-order chi connectivity index (χ0) is 38.6. The van der Waals surface area contributed by atoms with Crippen LogP contribution < -0.4 is 27.1 Å². The summed E-state index contributed by atoms with van der Waals surface area (Å²) in [6, 6.07) is 22.9. The highest BCUT2D eigenvalue weighted by Gasteiger charge is 2.40. The number of rotatable bonds is 9. The molecule has 0 saturated carbocycles. The Hall–Kier alpha value is -7.47. The van der Waals surface area contributed by atoms with Crippen LogP contribution >= 0.6 is 0 Å². The predicted molar refractivity (Wildman–Crippen MR) is 207 cm³/mol. The Morgan fingerprint density at radius 2 is 1.55 bits per heavy atom. The summed E-state index contributed by atoms with van der Waals surface area (Å²) >= 11 is 0. The van der Waals surface area contributed by atoms with Crippen LogP contribution in [0, 0.1) is 0 Å². The number of amides is 1. The molecule has 7 heterocycles. The summed E-state index contributed by atoms with van der Waals surface area (Å²) in [5, 5.41) is 14.6. The molecular formula is C38H36N14O4. The maximum atomic E-state index is 14.2. The number of nitrogen functional groups attached to an aromatic ring is 2. The number of benzene rings is 2. The molecule has 282 valence electrons. The fourth-order valence-corrected chi connectivity index (χ4v) is 6.58. The van der Waals surface area contributed by atoms with Crippen LogP contribution in [0.25, 0.3) is 45.0 Å². The number of H-pyrrole nitrogens is 1. The second kappa shape index (κ2) is 13.4. The van der Waals surface area contributed by atoms with Crippen molar-refractivity contribution in [3.05, 3.63) is 108 Å². The van der Waals surface area contributed by atoms with Gasteiger partial charge in [-0.3, -0.25) is 5.01 Å². The Bertz CT molecular complexity index is 2680. The van der Waals surface area contributed by atoms with E-state index in [1.54, 1.807) is 46.6 Å². The number of aromatic amines is 1. The molecule has 0 radical (unpaired) electrons. The molecule has 0 fully saturated rings. The molecule has 6 N–H and O–H groups in total. The molecule has 18 nitrogen and oxygen atoms in total. The summed E-state index contributed by atoms with van der Waals surface area (Å²) in [5.74, 6) is 1.51. The smallest absolute Gasteiger partial charge is 0.430 e. The molecule has 0 atom stereocenters. The summed E-state index contributed by atoms with van der Waals surface area (Å²) in [6.45, 7) is 6.24. The lowest BCUT2D eigenvalue weighted by Gasteiger charge is -2.35. The van der Waals surface area contributed by atoms with Crippen molar-refractivity contribution in [2.45, 2.75) is 46.0 Å². The zero-order valence-electron chi connectivity index (χ0n) is 30.5. The summed E-state index contributed by atoms with van der Waals surface area (Å²) in [7, 11) is 0. The summed E-state index contributed by atoms with van der Waals surface area (Å²) in [6.07, 6.45) is 4.38. The Morgan fingerprint density at radius 3 is 2.29 bits per heavy atom. The van der Waals surface area contributed by atoms with Crippen LogP contribution in [0.15, 0.2) is 100 Å². The minimum atomic E-state index is -0.808. The first-order valence-electron chi connectivity index (χ1n) is 17.7. The van der Waals surface area contributed by atoms with Gasteiger partial charge < -0.3 is 30.0 Å². The molecule has 1 amide bonds. The van der Waals surface area contributed by atoms with Gasteiger partial charge in [0.2, 0.25) is 11.9 Å². The number of nitrogens with two attached hydrogens (primary N) is 2. The van der Waals surface area contributed by atoms with E-state index in [0.29, 0.717) is 58.7 Å². The number of nitrogens with one attached hydrogen (secondary N) is 2. The molecule has 2 aromatic carbocycles. The van der Waals surface area contributed by atoms with E-state index in [0.717, 1.165) is 27.6 Å². The van der Waals surface area contributed by atoms with Crippen molar-refractivity contribution in [3.8, 4) is 22.9 Å². The summed E-state index contributed by atoms with van der Waals surface area (Å²) < 4.78 is 19.0. The van der Waals surface area contributed by atoms with Gasteiger partial charge in [0.25, 0.3) is 0 Å². The van der Waals surface area contributed by atoms with E-state index in [2.05, 4.69) is 40.8 Å². The molecule has 0 bridgehead atoms. The van der Waals surface area contributed by atoms with E-state index < -0.39 is 11.7 Å². The van der Waals surface area contributed by atoms with Crippen molar-refractivity contribution in [1.29, 1.82) is 0 Å². The maximum Gasteiger partial charge on any atom is 0.430 e. The number of furan rings is 2. The molecule has 0 aliphatic carbocycles. The fourth-order valence-electron chi connectivity index (χ4n) is 6.58. The van der Waals surface area contributed by atoms with Gasteiger partial charge in [0.15, 0.2) is 34.2 Å². The van der Waals surface area contributed by atoms with Gasteiger partial charge in [-0.1, -0.05) is 41.6 Å². The van der Waals surface area contributed by atoms with Crippen LogP contribution in [-0.4, -0.2) is 56.6 Å². The second-order valence-corrected chi connectivity index (χ2v) is 14.1. The molecule has 1 aliphatic rings. The molecule has 8 aromatic rings. The molecular weight excluding hydrogens is 717 g/mol. The monoisotopic (exact) mass is 752 g/mol. The average Bonchev–Trinajstić information content (AvgIpc) is 4.02. The SMILES string of the molecule is CC(C)(C)OC(=O)N(Cc1ccc(Cn2nnc3c(-c4ccco4)nc(N)nc32)cc1)N1NN(Cc2cccc3[nH]ccc23)c2nc(N)nc(-c3ccco3)c21. The topological polar surface area (TPSA) is 224 Å². The third-order valence-corrected chi connectivity index (χ3v) is 9.00. The number of carbonyl (C=O) groups excluding carboxylic acids is 1. The van der Waals surface area contributed by atoms with Gasteiger partial charge in [-0.15, -0.1) is 10.6 Å². The highest BCUT2D eigenvalue weighted by atomic mass is 16.6. The van der Waals surface area contributed by atoms with Gasteiger partial charge in [-0.2, -0.15) is 20.1 Å². The first-order chi connectivity index (χ1) is 27.1. The molecule has 6 aromatic heterocycles. The number of fused-ring (bicyclic) bond motifs is 3. The van der Waals surface area contributed by atoms with Gasteiger partial charge in [-0.05, 0) is 73.9 Å². The highest BCUT2D eigenvalue weighted by molar-refractivity contribution is 5.88. The van der Waals surface area contributed by atoms with E-state index in [9.17, 15) is 4.79 Å². The number of hydrazine groups is 3. The van der Waals surface area contributed by atoms with Crippen LogP contribution in [0.5, 0.6) is 0 Å². The number of hydrogen-bond acceptors (Lipinski definition) is 15. The number of carbonyl (C=O) groups is 1. The Labute approximate surface area is 318 Å². The van der Waals surface area contributed by atoms with Gasteiger partial charge in [0.1, 0.15) is 17.0 Å². The number of nitrogens with zero attached hydrogens (tertiary/aromatic N) is 10. The van der Waals surface area contributed by atoms with Crippen molar-refractivity contribution in [1.82, 2.24) is 50.5 Å². The number of aromatic nitrogens is 8. The summed E-state index contributed by atoms with van der Waals surface area (Å²) in [4.78, 5) is 35.5. The number of anilines is 4. The maximum absolute atomic E-state index is 14.2. The highest BCUT2D eigenvalue weighted by Crippen LogP contribution is 2.42. The van der Waals surface area contributed by atoms with Gasteiger partial charge >= 0.3 is 6.09 Å². The number of hydrogen-bond donors (Lipinski definition) is 4. The van der Waals surface area contributed by atoms with Gasteiger partial charge in [-0.25, -0.2) is 19.4 Å². The zero-order valence-corrected chi connectivity index (χ0v) is 30.5. The predicted octanol–water partition coefficient (Wildman–Crippen LogP) is 5.82. The Balaban J connectivity index is 1.06. The normalized spacial score (nSPS) is 12.8. The van der Waals surface area contributed by atoms with Crippen LogP contribution in [-0.2, 0) is 24.4 Å². The van der Waals surface area contributed by atoms with Crippen molar-refractivity contribution >= 4 is 51.6 Å². The van der Waals surface area contributed by atoms with Crippen LogP contribution in [0.3, 0.4) is 0 Å². The Kier molecular flexibility index (Phi) is 8.23. The van der Waals surface area contributed by atoms with E-state index in [4.69, 9.17) is 25.0 Å². The minimum Gasteiger partial charge on any atom is -0.463 e. The van der Waals surface area contributed by atoms with E-state index in [1.165, 1.54) is 5.01 Å². The van der Waals surface area contributed by atoms with Gasteiger partial charge in [0.05, 0.1) is 32.2 Å². The largest absolute Gasteiger partial charge is 0.463 e. The number of ether oxygens (including phenoxy) is 1. The van der Waals surface area contributed by atoms with Crippen LogP contribution in [0.4, 0.5) is 28.2 Å². The van der Waals surface area contributed by atoms with E-state index in [-0.39, 0.29) is 18.4 Å². The molecule has 9 rings (SSSR count). The molecule has 0 saturated heterocycles. The third-order valence-electron chi connectivity index (χ3n) is 9.00. The third kappa shape index (κ3) is 6.42. The second-order valence-electron chi connectivity index (χ2n) is 14.1. The lowest BCUT2D eigenvalue weighted by molar-refractivity contribution is 0.0183. The quantitative estimate of drug-likeness (QED) is 0.136. The Morgan fingerprint density at radius 1 is 0.839 bits per heavy atom. The molecule has 18 heteroatoms.